The lowest BCUT2D eigenvalue weighted by atomic mass is 9.97. The number of carbonyl (C=O) groups excluding carboxylic acids is 2. The Hall–Kier alpha value is -1.30. The normalized spacial score (nSPS) is 18.1. The second kappa shape index (κ2) is 10.00. The molecule has 1 heterocycles. The number of nitrogens with zero attached hydrogens (tertiary/aromatic N) is 1. The first kappa shape index (κ1) is 20.0. The molecule has 1 aliphatic heterocycles. The monoisotopic (exact) mass is 385 g/mol. The van der Waals surface area contributed by atoms with Crippen molar-refractivity contribution < 1.29 is 9.59 Å². The molecule has 1 aromatic rings. The quantitative estimate of drug-likeness (QED) is 0.675. The summed E-state index contributed by atoms with van der Waals surface area (Å²) in [6, 6.07) is 5.32. The van der Waals surface area contributed by atoms with Crippen LogP contribution in [0.1, 0.15) is 31.2 Å². The zero-order chi connectivity index (χ0) is 18.2. The molecule has 2 rings (SSSR count). The predicted octanol–water partition coefficient (Wildman–Crippen LogP) is 2.63. The van der Waals surface area contributed by atoms with E-state index in [1.165, 1.54) is 0 Å². The molecule has 2 amide bonds. The maximum atomic E-state index is 11.9. The molecular weight excluding hydrogens is 361 g/mol. The number of aryl methyl sites for hydroxylation is 1. The second-order valence-electron chi connectivity index (χ2n) is 6.48. The molecule has 1 unspecified atom stereocenters. The molecule has 0 bridgehead atoms. The van der Waals surface area contributed by atoms with Crippen molar-refractivity contribution in [1.82, 2.24) is 10.2 Å². The molecule has 1 aromatic carbocycles. The Morgan fingerprint density at radius 3 is 2.84 bits per heavy atom. The van der Waals surface area contributed by atoms with Gasteiger partial charge in [-0.3, -0.25) is 9.59 Å². The summed E-state index contributed by atoms with van der Waals surface area (Å²) in [5.41, 5.74) is 6.31. The Bertz CT molecular complexity index is 610. The van der Waals surface area contributed by atoms with Crippen molar-refractivity contribution in [2.45, 2.75) is 32.1 Å². The number of nitrogens with two attached hydrogens (primary N) is 1. The van der Waals surface area contributed by atoms with E-state index >= 15 is 0 Å². The van der Waals surface area contributed by atoms with Crippen molar-refractivity contribution in [3.63, 3.8) is 0 Å². The molecule has 0 spiro atoms. The first-order valence-corrected chi connectivity index (χ1v) is 9.43. The van der Waals surface area contributed by atoms with Crippen LogP contribution in [0.4, 0.5) is 0 Å². The van der Waals surface area contributed by atoms with Crippen LogP contribution < -0.4 is 11.1 Å². The van der Waals surface area contributed by atoms with E-state index in [9.17, 15) is 9.59 Å². The highest BCUT2D eigenvalue weighted by Gasteiger charge is 2.23. The number of halogens is 2. The zero-order valence-corrected chi connectivity index (χ0v) is 15.8. The lowest BCUT2D eigenvalue weighted by molar-refractivity contribution is -0.123. The molecular formula is C18H25Cl2N3O2. The van der Waals surface area contributed by atoms with Crippen molar-refractivity contribution in [1.29, 1.82) is 0 Å². The number of nitrogens with one attached hydrogen (secondary N) is 1. The van der Waals surface area contributed by atoms with Crippen LogP contribution in [0.3, 0.4) is 0 Å². The van der Waals surface area contributed by atoms with E-state index < -0.39 is 0 Å². The van der Waals surface area contributed by atoms with Gasteiger partial charge in [0.15, 0.2) is 0 Å². The number of likely N-dealkylation sites (tertiary alicyclic amines) is 1. The molecule has 0 aromatic heterocycles. The summed E-state index contributed by atoms with van der Waals surface area (Å²) >= 11 is 12.0. The molecule has 1 aliphatic rings. The van der Waals surface area contributed by atoms with E-state index in [2.05, 4.69) is 10.2 Å². The van der Waals surface area contributed by atoms with Crippen molar-refractivity contribution >= 4 is 35.0 Å². The Kier molecular flexibility index (Phi) is 8.00. The topological polar surface area (TPSA) is 75.4 Å². The number of hydrogen-bond donors (Lipinski definition) is 2. The van der Waals surface area contributed by atoms with Crippen LogP contribution in [0, 0.1) is 5.92 Å². The molecule has 0 saturated carbocycles. The van der Waals surface area contributed by atoms with E-state index in [-0.39, 0.29) is 17.7 Å². The third kappa shape index (κ3) is 6.84. The maximum Gasteiger partial charge on any atom is 0.221 e. The maximum absolute atomic E-state index is 11.9. The summed E-state index contributed by atoms with van der Waals surface area (Å²) in [5.74, 6) is -0.231. The van der Waals surface area contributed by atoms with Crippen molar-refractivity contribution in [2.75, 3.05) is 26.2 Å². The Labute approximate surface area is 158 Å². The number of primary amides is 1. The molecule has 138 valence electrons. The summed E-state index contributed by atoms with van der Waals surface area (Å²) in [6.07, 6.45) is 3.74. The van der Waals surface area contributed by atoms with Gasteiger partial charge in [0.1, 0.15) is 0 Å². The standard InChI is InChI=1S/C18H25Cl2N3O2/c19-15-6-4-13(16(20)11-15)5-7-17(24)22-8-2-10-23-9-1-3-14(12-23)18(21)25/h4,6,11,14H,1-3,5,7-10,12H2,(H2,21,25)(H,22,24). The molecule has 7 heteroatoms. The lowest BCUT2D eigenvalue weighted by Crippen LogP contribution is -2.42. The third-order valence-corrected chi connectivity index (χ3v) is 5.10. The fourth-order valence-electron chi connectivity index (χ4n) is 3.08. The summed E-state index contributed by atoms with van der Waals surface area (Å²) in [4.78, 5) is 25.5. The van der Waals surface area contributed by atoms with E-state index in [1.807, 2.05) is 6.07 Å². The van der Waals surface area contributed by atoms with Gasteiger partial charge in [-0.1, -0.05) is 29.3 Å². The minimum Gasteiger partial charge on any atom is -0.369 e. The molecule has 3 N–H and O–H groups in total. The fraction of sp³-hybridized carbons (Fsp3) is 0.556. The van der Waals surface area contributed by atoms with Gasteiger partial charge in [-0.05, 0) is 56.5 Å². The summed E-state index contributed by atoms with van der Waals surface area (Å²) in [6.45, 7) is 3.23. The highest BCUT2D eigenvalue weighted by Crippen LogP contribution is 2.22. The van der Waals surface area contributed by atoms with Gasteiger partial charge in [0.2, 0.25) is 11.8 Å². The van der Waals surface area contributed by atoms with Gasteiger partial charge in [0.05, 0.1) is 5.92 Å². The van der Waals surface area contributed by atoms with Gasteiger partial charge >= 0.3 is 0 Å². The Morgan fingerprint density at radius 2 is 2.12 bits per heavy atom. The van der Waals surface area contributed by atoms with Crippen LogP contribution in [0.25, 0.3) is 0 Å². The van der Waals surface area contributed by atoms with Crippen molar-refractivity contribution in [3.8, 4) is 0 Å². The van der Waals surface area contributed by atoms with Crippen LogP contribution in [-0.2, 0) is 16.0 Å². The first-order valence-electron chi connectivity index (χ1n) is 8.68. The summed E-state index contributed by atoms with van der Waals surface area (Å²) in [7, 11) is 0. The largest absolute Gasteiger partial charge is 0.369 e. The number of carbonyl (C=O) groups is 2. The summed E-state index contributed by atoms with van der Waals surface area (Å²) in [5, 5.41) is 4.12. The number of benzene rings is 1. The third-order valence-electron chi connectivity index (χ3n) is 4.52. The average molecular weight is 386 g/mol. The van der Waals surface area contributed by atoms with Crippen molar-refractivity contribution in [2.24, 2.45) is 11.7 Å². The van der Waals surface area contributed by atoms with Gasteiger partial charge in [-0.25, -0.2) is 0 Å². The first-order chi connectivity index (χ1) is 12.0. The average Bonchev–Trinajstić information content (AvgIpc) is 2.58. The van der Waals surface area contributed by atoms with Gasteiger partial charge in [-0.2, -0.15) is 0 Å². The smallest absolute Gasteiger partial charge is 0.221 e. The van der Waals surface area contributed by atoms with E-state index in [1.54, 1.807) is 12.1 Å². The van der Waals surface area contributed by atoms with Crippen molar-refractivity contribution in [3.05, 3.63) is 33.8 Å². The number of hydrogen-bond acceptors (Lipinski definition) is 3. The Balaban J connectivity index is 1.61. The van der Waals surface area contributed by atoms with Crippen LogP contribution in [0.2, 0.25) is 10.0 Å². The Morgan fingerprint density at radius 1 is 1.32 bits per heavy atom. The van der Waals surface area contributed by atoms with E-state index in [0.29, 0.717) is 29.4 Å². The number of piperidine rings is 1. The van der Waals surface area contributed by atoms with Crippen LogP contribution >= 0.6 is 23.2 Å². The van der Waals surface area contributed by atoms with E-state index in [4.69, 9.17) is 28.9 Å². The van der Waals surface area contributed by atoms with Gasteiger partial charge in [0, 0.05) is 29.6 Å². The fourth-order valence-corrected chi connectivity index (χ4v) is 3.59. The number of rotatable bonds is 8. The predicted molar refractivity (Wildman–Crippen MR) is 101 cm³/mol. The van der Waals surface area contributed by atoms with Crippen LogP contribution in [0.5, 0.6) is 0 Å². The molecule has 0 aliphatic carbocycles. The molecule has 5 nitrogen and oxygen atoms in total. The highest BCUT2D eigenvalue weighted by molar-refractivity contribution is 6.35. The highest BCUT2D eigenvalue weighted by atomic mass is 35.5. The van der Waals surface area contributed by atoms with Gasteiger partial charge < -0.3 is 16.0 Å². The molecule has 25 heavy (non-hydrogen) atoms. The van der Waals surface area contributed by atoms with E-state index in [0.717, 1.165) is 44.5 Å². The summed E-state index contributed by atoms with van der Waals surface area (Å²) < 4.78 is 0. The molecule has 1 atom stereocenters. The molecule has 1 fully saturated rings. The minimum atomic E-state index is -0.209. The molecule has 0 radical (unpaired) electrons. The SMILES string of the molecule is NC(=O)C1CCCN(CCCNC(=O)CCc2ccc(Cl)cc2Cl)C1. The number of amides is 2. The molecule has 1 saturated heterocycles. The van der Waals surface area contributed by atoms with Crippen LogP contribution in [-0.4, -0.2) is 42.9 Å². The van der Waals surface area contributed by atoms with Gasteiger partial charge in [0.25, 0.3) is 0 Å². The zero-order valence-electron chi connectivity index (χ0n) is 14.3. The van der Waals surface area contributed by atoms with Crippen LogP contribution in [0.15, 0.2) is 18.2 Å². The second-order valence-corrected chi connectivity index (χ2v) is 7.33. The lowest BCUT2D eigenvalue weighted by Gasteiger charge is -2.31. The van der Waals surface area contributed by atoms with Gasteiger partial charge in [-0.15, -0.1) is 0 Å². The minimum absolute atomic E-state index is 0.0136.